The Hall–Kier alpha value is -1.81. The molecule has 0 aliphatic carbocycles. The first-order valence-electron chi connectivity index (χ1n) is 5.46. The van der Waals surface area contributed by atoms with Crippen molar-refractivity contribution in [2.24, 2.45) is 0 Å². The maximum Gasteiger partial charge on any atom is 0.0601 e. The van der Waals surface area contributed by atoms with E-state index in [0.29, 0.717) is 0 Å². The van der Waals surface area contributed by atoms with Crippen molar-refractivity contribution in [3.63, 3.8) is 0 Å². The smallest absolute Gasteiger partial charge is 0.0601 e. The van der Waals surface area contributed by atoms with E-state index in [-0.39, 0.29) is 0 Å². The maximum absolute atomic E-state index is 5.68. The Morgan fingerprint density at radius 3 is 2.88 bits per heavy atom. The molecule has 3 N–H and O–H groups in total. The first kappa shape index (κ1) is 9.42. The molecule has 0 unspecified atom stereocenters. The molecule has 0 spiro atoms. The van der Waals surface area contributed by atoms with E-state index in [1.165, 1.54) is 16.8 Å². The minimum Gasteiger partial charge on any atom is -0.399 e. The second kappa shape index (κ2) is 3.64. The fourth-order valence-corrected chi connectivity index (χ4v) is 2.09. The first-order valence-corrected chi connectivity index (χ1v) is 5.46. The quantitative estimate of drug-likeness (QED) is 0.702. The van der Waals surface area contributed by atoms with Crippen molar-refractivity contribution < 1.29 is 0 Å². The number of nitrogen functional groups attached to an aromatic ring is 1. The Morgan fingerprint density at radius 2 is 2.06 bits per heavy atom. The van der Waals surface area contributed by atoms with Gasteiger partial charge in [0.05, 0.1) is 18.4 Å². The molecule has 2 heterocycles. The third-order valence-corrected chi connectivity index (χ3v) is 2.96. The highest BCUT2D eigenvalue weighted by Gasteiger charge is 2.14. The van der Waals surface area contributed by atoms with Crippen molar-refractivity contribution in [2.45, 2.75) is 13.1 Å². The van der Waals surface area contributed by atoms with E-state index in [1.54, 1.807) is 0 Å². The molecule has 0 bridgehead atoms. The van der Waals surface area contributed by atoms with Gasteiger partial charge in [-0.25, -0.2) is 0 Å². The molecule has 2 aromatic rings. The fraction of sp³-hybridized carbons (Fsp3) is 0.250. The molecule has 4 heteroatoms. The number of hydrogen-bond acceptors (Lipinski definition) is 3. The van der Waals surface area contributed by atoms with Crippen LogP contribution in [0.2, 0.25) is 0 Å². The lowest BCUT2D eigenvalue weighted by Crippen LogP contribution is -2.28. The number of fused-ring (bicyclic) bond motifs is 1. The van der Waals surface area contributed by atoms with Crippen LogP contribution in [0.3, 0.4) is 0 Å². The number of anilines is 1. The zero-order valence-corrected chi connectivity index (χ0v) is 8.98. The second-order valence-corrected chi connectivity index (χ2v) is 4.03. The largest absolute Gasteiger partial charge is 0.399 e. The van der Waals surface area contributed by atoms with E-state index in [9.17, 15) is 0 Å². The molecule has 1 aromatic carbocycles. The van der Waals surface area contributed by atoms with Crippen LogP contribution in [0.1, 0.15) is 5.69 Å². The minimum absolute atomic E-state index is 0.794. The Labute approximate surface area is 94.1 Å². The van der Waals surface area contributed by atoms with Crippen molar-refractivity contribution in [1.29, 1.82) is 0 Å². The first-order chi connectivity index (χ1) is 7.84. The molecule has 0 saturated carbocycles. The fourth-order valence-electron chi connectivity index (χ4n) is 2.09. The number of benzene rings is 1. The minimum atomic E-state index is 0.794. The summed E-state index contributed by atoms with van der Waals surface area (Å²) in [6.45, 7) is 2.83. The van der Waals surface area contributed by atoms with Crippen LogP contribution >= 0.6 is 0 Å². The number of aromatic nitrogens is 2. The van der Waals surface area contributed by atoms with Crippen LogP contribution in [0, 0.1) is 0 Å². The molecule has 0 fully saturated rings. The normalized spacial score (nSPS) is 14.8. The molecule has 4 nitrogen and oxygen atoms in total. The van der Waals surface area contributed by atoms with E-state index >= 15 is 0 Å². The summed E-state index contributed by atoms with van der Waals surface area (Å²) in [7, 11) is 0. The molecule has 1 aliphatic rings. The summed E-state index contributed by atoms with van der Waals surface area (Å²) in [6, 6.07) is 7.94. The van der Waals surface area contributed by atoms with Crippen LogP contribution in [-0.2, 0) is 13.1 Å². The standard InChI is InChI=1S/C12H14N4/c13-10-3-1-9(2-4-10)11-7-15-16-6-5-14-8-12(11)16/h1-4,7,14H,5-6,8,13H2. The summed E-state index contributed by atoms with van der Waals surface area (Å²) in [5.74, 6) is 0. The number of rotatable bonds is 1. The molecule has 16 heavy (non-hydrogen) atoms. The molecule has 0 amide bonds. The van der Waals surface area contributed by atoms with Crippen LogP contribution in [0.5, 0.6) is 0 Å². The molecular weight excluding hydrogens is 200 g/mol. The van der Waals surface area contributed by atoms with Gasteiger partial charge in [-0.05, 0) is 17.7 Å². The molecule has 3 rings (SSSR count). The summed E-state index contributed by atoms with van der Waals surface area (Å²) in [5.41, 5.74) is 10.1. The van der Waals surface area contributed by atoms with E-state index in [0.717, 1.165) is 25.3 Å². The Morgan fingerprint density at radius 1 is 1.25 bits per heavy atom. The van der Waals surface area contributed by atoms with Crippen molar-refractivity contribution >= 4 is 5.69 Å². The predicted octanol–water partition coefficient (Wildman–Crippen LogP) is 1.24. The molecular formula is C12H14N4. The van der Waals surface area contributed by atoms with Crippen molar-refractivity contribution in [1.82, 2.24) is 15.1 Å². The van der Waals surface area contributed by atoms with Gasteiger partial charge >= 0.3 is 0 Å². The number of nitrogens with one attached hydrogen (secondary N) is 1. The third-order valence-electron chi connectivity index (χ3n) is 2.96. The lowest BCUT2D eigenvalue weighted by Gasteiger charge is -2.16. The summed E-state index contributed by atoms with van der Waals surface area (Å²) in [6.07, 6.45) is 1.94. The van der Waals surface area contributed by atoms with E-state index < -0.39 is 0 Å². The van der Waals surface area contributed by atoms with Crippen molar-refractivity contribution in [3.05, 3.63) is 36.2 Å². The molecule has 1 aliphatic heterocycles. The second-order valence-electron chi connectivity index (χ2n) is 4.03. The van der Waals surface area contributed by atoms with Gasteiger partial charge in [0.15, 0.2) is 0 Å². The van der Waals surface area contributed by atoms with Gasteiger partial charge in [0, 0.05) is 24.3 Å². The molecule has 1 aromatic heterocycles. The monoisotopic (exact) mass is 214 g/mol. The van der Waals surface area contributed by atoms with Gasteiger partial charge in [-0.1, -0.05) is 12.1 Å². The Balaban J connectivity index is 2.06. The van der Waals surface area contributed by atoms with Gasteiger partial charge in [-0.3, -0.25) is 4.68 Å². The highest BCUT2D eigenvalue weighted by atomic mass is 15.3. The summed E-state index contributed by atoms with van der Waals surface area (Å²) in [5, 5.41) is 7.76. The third kappa shape index (κ3) is 1.47. The Kier molecular flexibility index (Phi) is 2.15. The topological polar surface area (TPSA) is 55.9 Å². The number of nitrogens with zero attached hydrogens (tertiary/aromatic N) is 2. The molecule has 0 radical (unpaired) electrons. The highest BCUT2D eigenvalue weighted by molar-refractivity contribution is 5.67. The lowest BCUT2D eigenvalue weighted by atomic mass is 10.1. The van der Waals surface area contributed by atoms with Gasteiger partial charge in [0.2, 0.25) is 0 Å². The van der Waals surface area contributed by atoms with Gasteiger partial charge in [-0.15, -0.1) is 0 Å². The van der Waals surface area contributed by atoms with Crippen LogP contribution in [0.4, 0.5) is 5.69 Å². The van der Waals surface area contributed by atoms with Gasteiger partial charge in [-0.2, -0.15) is 5.10 Å². The zero-order valence-electron chi connectivity index (χ0n) is 8.98. The van der Waals surface area contributed by atoms with E-state index in [4.69, 9.17) is 5.73 Å². The van der Waals surface area contributed by atoms with Gasteiger partial charge < -0.3 is 11.1 Å². The van der Waals surface area contributed by atoms with Gasteiger partial charge in [0.1, 0.15) is 0 Å². The molecule has 82 valence electrons. The predicted molar refractivity (Wildman–Crippen MR) is 63.8 cm³/mol. The number of hydrogen-bond donors (Lipinski definition) is 2. The average molecular weight is 214 g/mol. The summed E-state index contributed by atoms with van der Waals surface area (Å²) >= 11 is 0. The molecule has 0 saturated heterocycles. The van der Waals surface area contributed by atoms with Crippen LogP contribution < -0.4 is 11.1 Å². The van der Waals surface area contributed by atoms with Crippen LogP contribution in [0.15, 0.2) is 30.5 Å². The van der Waals surface area contributed by atoms with Crippen LogP contribution in [0.25, 0.3) is 11.1 Å². The SMILES string of the molecule is Nc1ccc(-c2cnn3c2CNCC3)cc1. The van der Waals surface area contributed by atoms with E-state index in [2.05, 4.69) is 15.1 Å². The molecule has 0 atom stereocenters. The van der Waals surface area contributed by atoms with Crippen molar-refractivity contribution in [2.75, 3.05) is 12.3 Å². The van der Waals surface area contributed by atoms with Crippen LogP contribution in [-0.4, -0.2) is 16.3 Å². The summed E-state index contributed by atoms with van der Waals surface area (Å²) < 4.78 is 2.07. The maximum atomic E-state index is 5.68. The number of nitrogens with two attached hydrogens (primary N) is 1. The highest BCUT2D eigenvalue weighted by Crippen LogP contribution is 2.25. The van der Waals surface area contributed by atoms with E-state index in [1.807, 2.05) is 30.5 Å². The zero-order chi connectivity index (χ0) is 11.0. The average Bonchev–Trinajstić information content (AvgIpc) is 2.74. The van der Waals surface area contributed by atoms with Gasteiger partial charge in [0.25, 0.3) is 0 Å². The van der Waals surface area contributed by atoms with Crippen molar-refractivity contribution in [3.8, 4) is 11.1 Å². The Bertz CT molecular complexity index is 498. The summed E-state index contributed by atoms with van der Waals surface area (Å²) in [4.78, 5) is 0. The lowest BCUT2D eigenvalue weighted by molar-refractivity contribution is 0.476.